The molecule has 2 heterocycles. The van der Waals surface area contributed by atoms with Crippen LogP contribution >= 0.6 is 11.6 Å². The predicted molar refractivity (Wildman–Crippen MR) is 89.8 cm³/mol. The van der Waals surface area contributed by atoms with Crippen LogP contribution in [0.4, 0.5) is 5.82 Å². The molecule has 24 heavy (non-hydrogen) atoms. The van der Waals surface area contributed by atoms with Crippen molar-refractivity contribution in [3.05, 3.63) is 17.5 Å². The van der Waals surface area contributed by atoms with Crippen LogP contribution in [-0.4, -0.2) is 32.2 Å². The van der Waals surface area contributed by atoms with Crippen LogP contribution in [0.5, 0.6) is 0 Å². The number of nitrogens with one attached hydrogen (secondary N) is 1. The summed E-state index contributed by atoms with van der Waals surface area (Å²) in [5, 5.41) is 22.5. The number of aliphatic carboxylic acids is 1. The lowest BCUT2D eigenvalue weighted by molar-refractivity contribution is -0.137. The normalized spacial score (nSPS) is 16.7. The highest BCUT2D eigenvalue weighted by atomic mass is 35.5. The molecule has 0 atom stereocenters. The number of fused-ring (bicyclic) bond motifs is 1. The number of hydrogen-bond donors (Lipinski definition) is 2. The largest absolute Gasteiger partial charge is 0.480 e. The maximum atomic E-state index is 10.9. The number of anilines is 1. The maximum absolute atomic E-state index is 10.9. The lowest BCUT2D eigenvalue weighted by Gasteiger charge is -2.30. The smallest absolute Gasteiger partial charge is 0.323 e. The topological polar surface area (TPSA) is 104 Å². The third-order valence-electron chi connectivity index (χ3n) is 4.54. The van der Waals surface area contributed by atoms with Gasteiger partial charge in [-0.2, -0.15) is 10.2 Å². The molecule has 2 N–H and O–H groups in total. The van der Waals surface area contributed by atoms with E-state index in [1.807, 2.05) is 0 Å². The second kappa shape index (κ2) is 6.65. The molecule has 0 spiro atoms. The number of carbonyl (C=O) groups is 1. The van der Waals surface area contributed by atoms with Crippen LogP contribution in [0.3, 0.4) is 0 Å². The molecule has 7 nitrogen and oxygen atoms in total. The van der Waals surface area contributed by atoms with Crippen LogP contribution in [-0.2, 0) is 11.3 Å². The van der Waals surface area contributed by atoms with E-state index in [0.29, 0.717) is 23.4 Å². The quantitative estimate of drug-likeness (QED) is 0.805. The Bertz CT molecular complexity index is 805. The first kappa shape index (κ1) is 16.5. The maximum Gasteiger partial charge on any atom is 0.323 e. The molecule has 8 heteroatoms. The van der Waals surface area contributed by atoms with Gasteiger partial charge in [-0.05, 0) is 30.5 Å². The minimum atomic E-state index is -0.956. The summed E-state index contributed by atoms with van der Waals surface area (Å²) >= 11 is 5.99. The summed E-state index contributed by atoms with van der Waals surface area (Å²) in [5.74, 6) is -0.420. The molecule has 1 aliphatic carbocycles. The molecule has 2 aromatic heterocycles. The molecule has 0 unspecified atom stereocenters. The predicted octanol–water partition coefficient (Wildman–Crippen LogP) is 3.06. The zero-order valence-corrected chi connectivity index (χ0v) is 13.9. The lowest BCUT2D eigenvalue weighted by atomic mass is 9.75. The molecule has 0 saturated heterocycles. The monoisotopic (exact) mass is 347 g/mol. The molecule has 0 amide bonds. The lowest BCUT2D eigenvalue weighted by Crippen LogP contribution is -2.30. The Morgan fingerprint density at radius 1 is 1.42 bits per heavy atom. The molecule has 2 aromatic rings. The van der Waals surface area contributed by atoms with Crippen LogP contribution in [0.1, 0.15) is 32.1 Å². The van der Waals surface area contributed by atoms with E-state index in [0.717, 1.165) is 25.7 Å². The van der Waals surface area contributed by atoms with Crippen molar-refractivity contribution in [1.82, 2.24) is 14.5 Å². The van der Waals surface area contributed by atoms with Gasteiger partial charge in [0, 0.05) is 12.7 Å². The van der Waals surface area contributed by atoms with Gasteiger partial charge in [0.05, 0.1) is 16.9 Å². The van der Waals surface area contributed by atoms with Crippen molar-refractivity contribution in [3.63, 3.8) is 0 Å². The van der Waals surface area contributed by atoms with Gasteiger partial charge in [-0.15, -0.1) is 0 Å². The van der Waals surface area contributed by atoms with E-state index in [2.05, 4.69) is 21.4 Å². The number of hydrogen-bond acceptors (Lipinski definition) is 5. The Labute approximate surface area is 144 Å². The van der Waals surface area contributed by atoms with Crippen molar-refractivity contribution in [1.29, 1.82) is 5.26 Å². The summed E-state index contributed by atoms with van der Waals surface area (Å²) in [7, 11) is 0. The number of nitriles is 1. The summed E-state index contributed by atoms with van der Waals surface area (Å²) in [6.07, 6.45) is 6.69. The molecule has 0 bridgehead atoms. The Balaban J connectivity index is 1.88. The Morgan fingerprint density at radius 3 is 2.83 bits per heavy atom. The number of aromatic nitrogens is 3. The minimum absolute atomic E-state index is 0.0463. The second-order valence-corrected chi connectivity index (χ2v) is 6.56. The van der Waals surface area contributed by atoms with Gasteiger partial charge < -0.3 is 15.0 Å². The molecule has 0 radical (unpaired) electrons. The van der Waals surface area contributed by atoms with E-state index in [1.165, 1.54) is 11.0 Å². The Morgan fingerprint density at radius 2 is 2.17 bits per heavy atom. The zero-order valence-electron chi connectivity index (χ0n) is 13.1. The first-order valence-electron chi connectivity index (χ1n) is 7.92. The fraction of sp³-hybridized carbons (Fsp3) is 0.500. The summed E-state index contributed by atoms with van der Waals surface area (Å²) in [6.45, 7) is 0.300. The van der Waals surface area contributed by atoms with Crippen LogP contribution in [0.15, 0.2) is 12.3 Å². The van der Waals surface area contributed by atoms with Crippen molar-refractivity contribution in [2.24, 2.45) is 5.41 Å². The number of carboxylic acid groups (broad SMARTS) is 1. The van der Waals surface area contributed by atoms with Gasteiger partial charge in [0.2, 0.25) is 5.28 Å². The van der Waals surface area contributed by atoms with E-state index in [1.54, 1.807) is 12.3 Å². The highest BCUT2D eigenvalue weighted by molar-refractivity contribution is 6.28. The fourth-order valence-electron chi connectivity index (χ4n) is 3.26. The molecule has 126 valence electrons. The van der Waals surface area contributed by atoms with Crippen molar-refractivity contribution in [2.45, 2.75) is 38.6 Å². The molecule has 1 saturated carbocycles. The average Bonchev–Trinajstić information content (AvgIpc) is 2.95. The van der Waals surface area contributed by atoms with Gasteiger partial charge >= 0.3 is 5.97 Å². The first-order valence-corrected chi connectivity index (χ1v) is 8.30. The van der Waals surface area contributed by atoms with Crippen molar-refractivity contribution >= 4 is 34.4 Å². The molecule has 1 aliphatic rings. The van der Waals surface area contributed by atoms with Crippen LogP contribution in [0.25, 0.3) is 11.0 Å². The van der Waals surface area contributed by atoms with Gasteiger partial charge in [0.1, 0.15) is 18.0 Å². The summed E-state index contributed by atoms with van der Waals surface area (Å²) in [4.78, 5) is 19.3. The van der Waals surface area contributed by atoms with Crippen molar-refractivity contribution < 1.29 is 9.90 Å². The number of nitrogens with zero attached hydrogens (tertiary/aromatic N) is 4. The Hall–Kier alpha value is -2.33. The molecule has 0 aromatic carbocycles. The van der Waals surface area contributed by atoms with Crippen LogP contribution in [0, 0.1) is 16.7 Å². The Kier molecular flexibility index (Phi) is 4.58. The van der Waals surface area contributed by atoms with Crippen molar-refractivity contribution in [3.8, 4) is 6.07 Å². The molecule has 0 aliphatic heterocycles. The number of carboxylic acids is 1. The van der Waals surface area contributed by atoms with Crippen LogP contribution in [0.2, 0.25) is 5.28 Å². The second-order valence-electron chi connectivity index (χ2n) is 6.22. The summed E-state index contributed by atoms with van der Waals surface area (Å²) in [6, 6.07) is 4.22. The van der Waals surface area contributed by atoms with E-state index >= 15 is 0 Å². The molecule has 3 rings (SSSR count). The minimum Gasteiger partial charge on any atom is -0.480 e. The van der Waals surface area contributed by atoms with Gasteiger partial charge in [0.25, 0.3) is 0 Å². The van der Waals surface area contributed by atoms with E-state index in [9.17, 15) is 10.1 Å². The fourth-order valence-corrected chi connectivity index (χ4v) is 3.42. The number of rotatable bonds is 5. The van der Waals surface area contributed by atoms with E-state index in [-0.39, 0.29) is 17.2 Å². The highest BCUT2D eigenvalue weighted by Gasteiger charge is 2.32. The van der Waals surface area contributed by atoms with Crippen molar-refractivity contribution in [2.75, 3.05) is 11.9 Å². The van der Waals surface area contributed by atoms with Gasteiger partial charge in [0.15, 0.2) is 0 Å². The third-order valence-corrected chi connectivity index (χ3v) is 4.71. The van der Waals surface area contributed by atoms with Crippen LogP contribution < -0.4 is 5.32 Å². The number of halogens is 1. The van der Waals surface area contributed by atoms with E-state index < -0.39 is 5.97 Å². The summed E-state index contributed by atoms with van der Waals surface area (Å²) < 4.78 is 1.51. The highest BCUT2D eigenvalue weighted by Crippen LogP contribution is 2.36. The summed E-state index contributed by atoms with van der Waals surface area (Å²) in [5.41, 5.74) is 0.0839. The average molecular weight is 348 g/mol. The zero-order chi connectivity index (χ0) is 17.2. The van der Waals surface area contributed by atoms with Gasteiger partial charge in [-0.1, -0.05) is 19.3 Å². The third kappa shape index (κ3) is 3.29. The molecular formula is C16H18ClN5O2. The SMILES string of the molecule is N#CC1(CNc2nc(Cl)nc3c2ccn3CC(=O)O)CCCCC1. The molecule has 1 fully saturated rings. The first-order chi connectivity index (χ1) is 11.5. The van der Waals surface area contributed by atoms with Gasteiger partial charge in [-0.3, -0.25) is 4.79 Å². The van der Waals surface area contributed by atoms with Gasteiger partial charge in [-0.25, -0.2) is 4.98 Å². The molecular weight excluding hydrogens is 330 g/mol. The van der Waals surface area contributed by atoms with E-state index in [4.69, 9.17) is 16.7 Å². The standard InChI is InChI=1S/C16H18ClN5O2/c17-15-20-13(19-10-16(9-18)5-2-1-3-6-16)11-4-7-22(8-12(23)24)14(11)21-15/h4,7H,1-3,5-6,8,10H2,(H,23,24)(H,19,20,21).